The minimum atomic E-state index is -1.10. The second kappa shape index (κ2) is 6.67. The number of hydrogen-bond donors (Lipinski definition) is 3. The van der Waals surface area contributed by atoms with Crippen LogP contribution in [0.1, 0.15) is 27.1 Å². The molecule has 1 saturated heterocycles. The van der Waals surface area contributed by atoms with Gasteiger partial charge in [-0.15, -0.1) is 0 Å². The van der Waals surface area contributed by atoms with Gasteiger partial charge in [0.15, 0.2) is 0 Å². The van der Waals surface area contributed by atoms with Gasteiger partial charge >= 0.3 is 11.9 Å². The molecule has 2 aromatic rings. The largest absolute Gasteiger partial charge is 0.478 e. The Morgan fingerprint density at radius 1 is 0.962 bits per heavy atom. The van der Waals surface area contributed by atoms with Crippen LogP contribution >= 0.6 is 0 Å². The van der Waals surface area contributed by atoms with Crippen molar-refractivity contribution in [1.82, 2.24) is 0 Å². The highest BCUT2D eigenvalue weighted by molar-refractivity contribution is 6.23. The predicted molar refractivity (Wildman–Crippen MR) is 91.3 cm³/mol. The molecule has 0 saturated carbocycles. The first kappa shape index (κ1) is 17.2. The number of imide groups is 1. The third kappa shape index (κ3) is 3.25. The fraction of sp³-hybridized carbons (Fsp3) is 0.111. The summed E-state index contributed by atoms with van der Waals surface area (Å²) >= 11 is 0. The summed E-state index contributed by atoms with van der Waals surface area (Å²) in [6.45, 7) is 0. The Morgan fingerprint density at radius 3 is 2.23 bits per heavy atom. The molecule has 0 spiro atoms. The van der Waals surface area contributed by atoms with E-state index in [1.165, 1.54) is 42.5 Å². The van der Waals surface area contributed by atoms with Crippen molar-refractivity contribution >= 4 is 35.1 Å². The lowest BCUT2D eigenvalue weighted by Crippen LogP contribution is -2.34. The van der Waals surface area contributed by atoms with Gasteiger partial charge in [0, 0.05) is 5.69 Å². The highest BCUT2D eigenvalue weighted by atomic mass is 16.4. The highest BCUT2D eigenvalue weighted by Gasteiger charge is 2.39. The number of nitrogens with one attached hydrogen (secondary N) is 1. The molecule has 8 heteroatoms. The lowest BCUT2D eigenvalue weighted by molar-refractivity contribution is -0.121. The van der Waals surface area contributed by atoms with Crippen LogP contribution in [-0.2, 0) is 9.59 Å². The molecule has 26 heavy (non-hydrogen) atoms. The summed E-state index contributed by atoms with van der Waals surface area (Å²) in [4.78, 5) is 47.7. The van der Waals surface area contributed by atoms with E-state index in [-0.39, 0.29) is 23.2 Å². The maximum atomic E-state index is 12.6. The number of carboxylic acid groups (broad SMARTS) is 2. The van der Waals surface area contributed by atoms with Crippen molar-refractivity contribution in [2.75, 3.05) is 10.2 Å². The molecular weight excluding hydrogens is 340 g/mol. The molecule has 2 amide bonds. The number of benzene rings is 2. The number of rotatable bonds is 5. The molecule has 1 aliphatic heterocycles. The summed E-state index contributed by atoms with van der Waals surface area (Å²) in [5.74, 6) is -3.11. The normalized spacial score (nSPS) is 16.6. The van der Waals surface area contributed by atoms with E-state index in [1.807, 2.05) is 0 Å². The lowest BCUT2D eigenvalue weighted by atomic mass is 10.1. The minimum absolute atomic E-state index is 0.0491. The fourth-order valence-electron chi connectivity index (χ4n) is 2.71. The van der Waals surface area contributed by atoms with Crippen LogP contribution < -0.4 is 10.2 Å². The third-order valence-electron chi connectivity index (χ3n) is 3.97. The van der Waals surface area contributed by atoms with E-state index in [4.69, 9.17) is 10.2 Å². The quantitative estimate of drug-likeness (QED) is 0.700. The second-order valence-corrected chi connectivity index (χ2v) is 5.71. The van der Waals surface area contributed by atoms with Crippen LogP contribution in [-0.4, -0.2) is 40.0 Å². The van der Waals surface area contributed by atoms with Crippen LogP contribution in [0.5, 0.6) is 0 Å². The van der Waals surface area contributed by atoms with Gasteiger partial charge in [-0.25, -0.2) is 14.5 Å². The van der Waals surface area contributed by atoms with E-state index in [0.29, 0.717) is 5.69 Å². The maximum Gasteiger partial charge on any atom is 0.335 e. The number of aromatic carboxylic acids is 2. The number of nitrogens with zero attached hydrogens (tertiary/aromatic N) is 1. The summed E-state index contributed by atoms with van der Waals surface area (Å²) < 4.78 is 0. The standard InChI is InChI=1S/C18H14N2O6/c21-15-9-14(19-12-3-1-2-11(8-12)18(25)26)16(22)20(15)13-6-4-10(5-7-13)17(23)24/h1-8,14,19H,9H2,(H,23,24)(H,25,26)/t14-/m1/s1. The molecule has 1 aliphatic rings. The van der Waals surface area contributed by atoms with Crippen molar-refractivity contribution in [3.05, 3.63) is 59.7 Å². The number of carbonyl (C=O) groups is 4. The fourth-order valence-corrected chi connectivity index (χ4v) is 2.71. The molecule has 0 aromatic heterocycles. The average molecular weight is 354 g/mol. The van der Waals surface area contributed by atoms with Gasteiger partial charge in [-0.05, 0) is 42.5 Å². The van der Waals surface area contributed by atoms with Crippen molar-refractivity contribution in [2.24, 2.45) is 0 Å². The van der Waals surface area contributed by atoms with E-state index in [9.17, 15) is 19.2 Å². The second-order valence-electron chi connectivity index (χ2n) is 5.71. The lowest BCUT2D eigenvalue weighted by Gasteiger charge is -2.16. The van der Waals surface area contributed by atoms with E-state index >= 15 is 0 Å². The zero-order valence-electron chi connectivity index (χ0n) is 13.4. The van der Waals surface area contributed by atoms with Gasteiger partial charge in [0.05, 0.1) is 23.2 Å². The first-order valence-corrected chi connectivity index (χ1v) is 7.67. The van der Waals surface area contributed by atoms with Gasteiger partial charge in [0.2, 0.25) is 5.91 Å². The van der Waals surface area contributed by atoms with Crippen LogP contribution in [0.2, 0.25) is 0 Å². The Labute approximate surface area is 147 Å². The van der Waals surface area contributed by atoms with Gasteiger partial charge in [0.25, 0.3) is 5.91 Å². The van der Waals surface area contributed by atoms with Crippen LogP contribution in [0, 0.1) is 0 Å². The molecular formula is C18H14N2O6. The number of hydrogen-bond acceptors (Lipinski definition) is 5. The maximum absolute atomic E-state index is 12.6. The predicted octanol–water partition coefficient (Wildman–Crippen LogP) is 1.83. The topological polar surface area (TPSA) is 124 Å². The Bertz CT molecular complexity index is 906. The van der Waals surface area contributed by atoms with Crippen molar-refractivity contribution < 1.29 is 29.4 Å². The molecule has 1 fully saturated rings. The van der Waals surface area contributed by atoms with Gasteiger partial charge < -0.3 is 15.5 Å². The molecule has 3 rings (SSSR count). The van der Waals surface area contributed by atoms with E-state index < -0.39 is 29.8 Å². The van der Waals surface area contributed by atoms with E-state index in [1.54, 1.807) is 6.07 Å². The van der Waals surface area contributed by atoms with Crippen molar-refractivity contribution in [1.29, 1.82) is 0 Å². The first-order chi connectivity index (χ1) is 12.4. The van der Waals surface area contributed by atoms with Crippen LogP contribution in [0.4, 0.5) is 11.4 Å². The molecule has 3 N–H and O–H groups in total. The number of carbonyl (C=O) groups excluding carboxylic acids is 2. The minimum Gasteiger partial charge on any atom is -0.478 e. The molecule has 0 bridgehead atoms. The monoisotopic (exact) mass is 354 g/mol. The summed E-state index contributed by atoms with van der Waals surface area (Å²) in [5.41, 5.74) is 0.814. The number of amides is 2. The molecule has 8 nitrogen and oxygen atoms in total. The Morgan fingerprint density at radius 2 is 1.62 bits per heavy atom. The van der Waals surface area contributed by atoms with Gasteiger partial charge in [-0.3, -0.25) is 9.59 Å². The molecule has 1 heterocycles. The van der Waals surface area contributed by atoms with Gasteiger partial charge in [-0.2, -0.15) is 0 Å². The molecule has 0 unspecified atom stereocenters. The Kier molecular flexibility index (Phi) is 4.40. The summed E-state index contributed by atoms with van der Waals surface area (Å²) in [5, 5.41) is 20.8. The number of anilines is 2. The van der Waals surface area contributed by atoms with Gasteiger partial charge in [-0.1, -0.05) is 6.07 Å². The van der Waals surface area contributed by atoms with Crippen LogP contribution in [0.3, 0.4) is 0 Å². The summed E-state index contributed by atoms with van der Waals surface area (Å²) in [6, 6.07) is 10.5. The number of carboxylic acids is 2. The Balaban J connectivity index is 1.79. The average Bonchev–Trinajstić information content (AvgIpc) is 2.89. The smallest absolute Gasteiger partial charge is 0.335 e. The van der Waals surface area contributed by atoms with Gasteiger partial charge in [0.1, 0.15) is 6.04 Å². The van der Waals surface area contributed by atoms with E-state index in [2.05, 4.69) is 5.32 Å². The van der Waals surface area contributed by atoms with Crippen molar-refractivity contribution in [3.63, 3.8) is 0 Å². The van der Waals surface area contributed by atoms with Crippen LogP contribution in [0.25, 0.3) is 0 Å². The summed E-state index contributed by atoms with van der Waals surface area (Å²) in [7, 11) is 0. The zero-order chi connectivity index (χ0) is 18.8. The third-order valence-corrected chi connectivity index (χ3v) is 3.97. The Hall–Kier alpha value is -3.68. The molecule has 0 radical (unpaired) electrons. The van der Waals surface area contributed by atoms with Crippen molar-refractivity contribution in [3.8, 4) is 0 Å². The molecule has 1 atom stereocenters. The molecule has 0 aliphatic carbocycles. The van der Waals surface area contributed by atoms with E-state index in [0.717, 1.165) is 4.90 Å². The zero-order valence-corrected chi connectivity index (χ0v) is 13.4. The highest BCUT2D eigenvalue weighted by Crippen LogP contribution is 2.25. The van der Waals surface area contributed by atoms with Crippen LogP contribution in [0.15, 0.2) is 48.5 Å². The van der Waals surface area contributed by atoms with Crippen molar-refractivity contribution in [2.45, 2.75) is 12.5 Å². The summed E-state index contributed by atoms with van der Waals surface area (Å²) in [6.07, 6.45) is -0.0865. The molecule has 2 aromatic carbocycles. The first-order valence-electron chi connectivity index (χ1n) is 7.67. The SMILES string of the molecule is O=C(O)c1ccc(N2C(=O)C[C@@H](Nc3cccc(C(=O)O)c3)C2=O)cc1. The molecule has 132 valence electrons.